The van der Waals surface area contributed by atoms with Gasteiger partial charge in [0.1, 0.15) is 0 Å². The number of rotatable bonds is 6. The predicted octanol–water partition coefficient (Wildman–Crippen LogP) is 3.58. The van der Waals surface area contributed by atoms with E-state index in [1.165, 1.54) is 5.56 Å². The lowest BCUT2D eigenvalue weighted by Crippen LogP contribution is -2.00. The fourth-order valence-corrected chi connectivity index (χ4v) is 2.34. The number of ether oxygens (including phenoxy) is 2. The molecule has 0 unspecified atom stereocenters. The van der Waals surface area contributed by atoms with Gasteiger partial charge in [-0.2, -0.15) is 5.10 Å². The first-order chi connectivity index (χ1) is 10.4. The van der Waals surface area contributed by atoms with Crippen LogP contribution in [-0.2, 0) is 6.42 Å². The SMILES string of the molecule is COc1ccccc1OCCCc1ccc2cn[nH]c2c1. The van der Waals surface area contributed by atoms with Crippen LogP contribution in [0.15, 0.2) is 48.7 Å². The molecular formula is C17H18N2O2. The molecule has 1 aromatic heterocycles. The highest BCUT2D eigenvalue weighted by molar-refractivity contribution is 5.78. The van der Waals surface area contributed by atoms with Crippen LogP contribution in [0, 0.1) is 0 Å². The Morgan fingerprint density at radius 2 is 1.95 bits per heavy atom. The van der Waals surface area contributed by atoms with Gasteiger partial charge in [-0.05, 0) is 36.6 Å². The van der Waals surface area contributed by atoms with E-state index in [0.29, 0.717) is 6.61 Å². The van der Waals surface area contributed by atoms with Crippen molar-refractivity contribution in [2.75, 3.05) is 13.7 Å². The maximum absolute atomic E-state index is 5.78. The van der Waals surface area contributed by atoms with Crippen molar-refractivity contribution in [3.05, 3.63) is 54.2 Å². The zero-order chi connectivity index (χ0) is 14.5. The highest BCUT2D eigenvalue weighted by Gasteiger charge is 2.03. The summed E-state index contributed by atoms with van der Waals surface area (Å²) in [4.78, 5) is 0. The average Bonchev–Trinajstić information content (AvgIpc) is 2.99. The molecular weight excluding hydrogens is 264 g/mol. The van der Waals surface area contributed by atoms with Crippen molar-refractivity contribution in [3.63, 3.8) is 0 Å². The minimum absolute atomic E-state index is 0.668. The molecule has 0 aliphatic heterocycles. The Hall–Kier alpha value is -2.49. The first-order valence-corrected chi connectivity index (χ1v) is 7.04. The van der Waals surface area contributed by atoms with Crippen LogP contribution in [0.2, 0.25) is 0 Å². The minimum atomic E-state index is 0.668. The molecule has 0 amide bonds. The number of methoxy groups -OCH3 is 1. The molecule has 0 atom stereocenters. The Labute approximate surface area is 123 Å². The van der Waals surface area contributed by atoms with E-state index in [-0.39, 0.29) is 0 Å². The van der Waals surface area contributed by atoms with Crippen molar-refractivity contribution in [1.82, 2.24) is 10.2 Å². The largest absolute Gasteiger partial charge is 0.493 e. The molecule has 108 valence electrons. The molecule has 0 spiro atoms. The van der Waals surface area contributed by atoms with Gasteiger partial charge >= 0.3 is 0 Å². The van der Waals surface area contributed by atoms with Gasteiger partial charge in [0.05, 0.1) is 25.4 Å². The zero-order valence-corrected chi connectivity index (χ0v) is 12.0. The van der Waals surface area contributed by atoms with Gasteiger partial charge in [0.25, 0.3) is 0 Å². The van der Waals surface area contributed by atoms with E-state index in [2.05, 4.69) is 28.4 Å². The maximum Gasteiger partial charge on any atom is 0.161 e. The summed E-state index contributed by atoms with van der Waals surface area (Å²) in [6.45, 7) is 0.668. The van der Waals surface area contributed by atoms with Crippen molar-refractivity contribution in [2.45, 2.75) is 12.8 Å². The fourth-order valence-electron chi connectivity index (χ4n) is 2.34. The summed E-state index contributed by atoms with van der Waals surface area (Å²) in [5, 5.41) is 8.17. The van der Waals surface area contributed by atoms with E-state index < -0.39 is 0 Å². The molecule has 0 bridgehead atoms. The normalized spacial score (nSPS) is 10.7. The Morgan fingerprint density at radius 1 is 1.10 bits per heavy atom. The summed E-state index contributed by atoms with van der Waals surface area (Å²) in [5.41, 5.74) is 2.37. The second kappa shape index (κ2) is 6.31. The number of hydrogen-bond donors (Lipinski definition) is 1. The number of nitrogens with one attached hydrogen (secondary N) is 1. The van der Waals surface area contributed by atoms with Gasteiger partial charge in [-0.15, -0.1) is 0 Å². The van der Waals surface area contributed by atoms with E-state index in [9.17, 15) is 0 Å². The van der Waals surface area contributed by atoms with Crippen molar-refractivity contribution >= 4 is 10.9 Å². The molecule has 2 aromatic carbocycles. The van der Waals surface area contributed by atoms with Gasteiger partial charge in [0.15, 0.2) is 11.5 Å². The van der Waals surface area contributed by atoms with E-state index in [1.807, 2.05) is 30.5 Å². The van der Waals surface area contributed by atoms with E-state index in [4.69, 9.17) is 9.47 Å². The summed E-state index contributed by atoms with van der Waals surface area (Å²) >= 11 is 0. The van der Waals surface area contributed by atoms with Crippen LogP contribution < -0.4 is 9.47 Å². The van der Waals surface area contributed by atoms with Crippen molar-refractivity contribution in [3.8, 4) is 11.5 Å². The first kappa shape index (κ1) is 13.5. The zero-order valence-electron chi connectivity index (χ0n) is 12.0. The summed E-state index contributed by atoms with van der Waals surface area (Å²) < 4.78 is 11.0. The maximum atomic E-state index is 5.78. The van der Waals surface area contributed by atoms with Crippen LogP contribution in [0.4, 0.5) is 0 Å². The first-order valence-electron chi connectivity index (χ1n) is 7.04. The summed E-state index contributed by atoms with van der Waals surface area (Å²) in [5.74, 6) is 1.57. The monoisotopic (exact) mass is 282 g/mol. The van der Waals surface area contributed by atoms with Crippen LogP contribution in [0.1, 0.15) is 12.0 Å². The summed E-state index contributed by atoms with van der Waals surface area (Å²) in [6.07, 6.45) is 3.77. The molecule has 0 fully saturated rings. The average molecular weight is 282 g/mol. The number of aromatic nitrogens is 2. The highest BCUT2D eigenvalue weighted by Crippen LogP contribution is 2.25. The standard InChI is InChI=1S/C17H18N2O2/c1-20-16-6-2-3-7-17(16)21-10-4-5-13-8-9-14-12-18-19-15(14)11-13/h2-3,6-9,11-12H,4-5,10H2,1H3,(H,18,19). The molecule has 3 aromatic rings. The van der Waals surface area contributed by atoms with Gasteiger partial charge < -0.3 is 9.47 Å². The van der Waals surface area contributed by atoms with Gasteiger partial charge in [-0.1, -0.05) is 24.3 Å². The van der Waals surface area contributed by atoms with Crippen molar-refractivity contribution in [1.29, 1.82) is 0 Å². The van der Waals surface area contributed by atoms with Crippen molar-refractivity contribution < 1.29 is 9.47 Å². The summed E-state index contributed by atoms with van der Waals surface area (Å²) in [7, 11) is 1.65. The third-order valence-electron chi connectivity index (χ3n) is 3.44. The molecule has 0 aliphatic rings. The lowest BCUT2D eigenvalue weighted by Gasteiger charge is -2.10. The fraction of sp³-hybridized carbons (Fsp3) is 0.235. The lowest BCUT2D eigenvalue weighted by molar-refractivity contribution is 0.289. The second-order valence-corrected chi connectivity index (χ2v) is 4.89. The van der Waals surface area contributed by atoms with Gasteiger partial charge in [0.2, 0.25) is 0 Å². The van der Waals surface area contributed by atoms with Crippen molar-refractivity contribution in [2.24, 2.45) is 0 Å². The molecule has 0 saturated carbocycles. The number of benzene rings is 2. The number of H-pyrrole nitrogens is 1. The molecule has 21 heavy (non-hydrogen) atoms. The van der Waals surface area contributed by atoms with Gasteiger partial charge in [-0.3, -0.25) is 5.10 Å². The predicted molar refractivity (Wildman–Crippen MR) is 82.9 cm³/mol. The van der Waals surface area contributed by atoms with E-state index in [1.54, 1.807) is 7.11 Å². The van der Waals surface area contributed by atoms with Gasteiger partial charge in [0, 0.05) is 5.39 Å². The number of nitrogens with zero attached hydrogens (tertiary/aromatic N) is 1. The molecule has 0 radical (unpaired) electrons. The highest BCUT2D eigenvalue weighted by atomic mass is 16.5. The molecule has 1 N–H and O–H groups in total. The summed E-state index contributed by atoms with van der Waals surface area (Å²) in [6, 6.07) is 14.1. The molecule has 1 heterocycles. The van der Waals surface area contributed by atoms with E-state index >= 15 is 0 Å². The number of para-hydroxylation sites is 2. The lowest BCUT2D eigenvalue weighted by atomic mass is 10.1. The van der Waals surface area contributed by atoms with E-state index in [0.717, 1.165) is 35.2 Å². The Bertz CT molecular complexity index is 721. The minimum Gasteiger partial charge on any atom is -0.493 e. The molecule has 3 rings (SSSR count). The number of aromatic amines is 1. The Balaban J connectivity index is 1.54. The third-order valence-corrected chi connectivity index (χ3v) is 3.44. The van der Waals surface area contributed by atoms with Crippen LogP contribution in [0.5, 0.6) is 11.5 Å². The number of hydrogen-bond acceptors (Lipinski definition) is 3. The molecule has 0 saturated heterocycles. The number of aryl methyl sites for hydroxylation is 1. The van der Waals surface area contributed by atoms with Gasteiger partial charge in [-0.25, -0.2) is 0 Å². The smallest absolute Gasteiger partial charge is 0.161 e. The van der Waals surface area contributed by atoms with Crippen LogP contribution >= 0.6 is 0 Å². The molecule has 4 heteroatoms. The Kier molecular flexibility index (Phi) is 4.05. The quantitative estimate of drug-likeness (QED) is 0.703. The molecule has 0 aliphatic carbocycles. The second-order valence-electron chi connectivity index (χ2n) is 4.89. The molecule has 4 nitrogen and oxygen atoms in total. The van der Waals surface area contributed by atoms with Crippen LogP contribution in [0.3, 0.4) is 0 Å². The van der Waals surface area contributed by atoms with Crippen LogP contribution in [-0.4, -0.2) is 23.9 Å². The number of fused-ring (bicyclic) bond motifs is 1. The Morgan fingerprint density at radius 3 is 2.81 bits per heavy atom. The third kappa shape index (κ3) is 3.16. The topological polar surface area (TPSA) is 47.1 Å². The van der Waals surface area contributed by atoms with Crippen LogP contribution in [0.25, 0.3) is 10.9 Å².